The summed E-state index contributed by atoms with van der Waals surface area (Å²) >= 11 is 0. The van der Waals surface area contributed by atoms with Crippen molar-refractivity contribution in [2.24, 2.45) is 5.73 Å². The van der Waals surface area contributed by atoms with Gasteiger partial charge < -0.3 is 15.2 Å². The predicted octanol–water partition coefficient (Wildman–Crippen LogP) is 1.77. The molecule has 0 saturated carbocycles. The minimum absolute atomic E-state index is 0.339. The van der Waals surface area contributed by atoms with E-state index < -0.39 is 0 Å². The first-order chi connectivity index (χ1) is 9.36. The molecule has 19 heavy (non-hydrogen) atoms. The Morgan fingerprint density at radius 1 is 1.11 bits per heavy atom. The van der Waals surface area contributed by atoms with E-state index in [0.29, 0.717) is 19.4 Å². The largest absolute Gasteiger partial charge is 0.454 e. The fourth-order valence-electron chi connectivity index (χ4n) is 2.99. The first-order valence-electron chi connectivity index (χ1n) is 7.19. The summed E-state index contributed by atoms with van der Waals surface area (Å²) in [6.07, 6.45) is 4.96. The highest BCUT2D eigenvalue weighted by Gasteiger charge is 2.21. The molecule has 0 amide bonds. The molecule has 2 N–H and O–H groups in total. The summed E-state index contributed by atoms with van der Waals surface area (Å²) < 4.78 is 10.8. The number of benzene rings is 1. The lowest BCUT2D eigenvalue weighted by Gasteiger charge is -2.34. The van der Waals surface area contributed by atoms with Crippen molar-refractivity contribution in [3.63, 3.8) is 0 Å². The fourth-order valence-corrected chi connectivity index (χ4v) is 2.99. The van der Waals surface area contributed by atoms with Gasteiger partial charge in [0.05, 0.1) is 0 Å². The van der Waals surface area contributed by atoms with Gasteiger partial charge in [-0.15, -0.1) is 0 Å². The molecular formula is C15H22N2O2. The molecule has 1 aromatic rings. The average molecular weight is 262 g/mol. The minimum atomic E-state index is 0.339. The Morgan fingerprint density at radius 3 is 2.68 bits per heavy atom. The average Bonchev–Trinajstić information content (AvgIpc) is 2.93. The topological polar surface area (TPSA) is 47.7 Å². The molecule has 0 aromatic heterocycles. The van der Waals surface area contributed by atoms with Crippen molar-refractivity contribution >= 4 is 0 Å². The smallest absolute Gasteiger partial charge is 0.231 e. The molecule has 0 bridgehead atoms. The zero-order chi connectivity index (χ0) is 13.1. The maximum absolute atomic E-state index is 5.97. The third kappa shape index (κ3) is 2.85. The number of fused-ring (bicyclic) bond motifs is 1. The van der Waals surface area contributed by atoms with Crippen LogP contribution in [-0.2, 0) is 6.42 Å². The van der Waals surface area contributed by atoms with E-state index in [1.807, 2.05) is 6.07 Å². The van der Waals surface area contributed by atoms with Crippen molar-refractivity contribution in [1.82, 2.24) is 4.90 Å². The van der Waals surface area contributed by atoms with Gasteiger partial charge in [-0.1, -0.05) is 12.5 Å². The van der Waals surface area contributed by atoms with Gasteiger partial charge in [0.1, 0.15) is 0 Å². The summed E-state index contributed by atoms with van der Waals surface area (Å²) in [5.41, 5.74) is 7.25. The molecular weight excluding hydrogens is 240 g/mol. The van der Waals surface area contributed by atoms with Crippen LogP contribution < -0.4 is 15.2 Å². The summed E-state index contributed by atoms with van der Waals surface area (Å²) in [6.45, 7) is 3.43. The van der Waals surface area contributed by atoms with Crippen molar-refractivity contribution in [3.05, 3.63) is 23.8 Å². The van der Waals surface area contributed by atoms with Gasteiger partial charge >= 0.3 is 0 Å². The second kappa shape index (κ2) is 5.80. The molecule has 1 fully saturated rings. The van der Waals surface area contributed by atoms with Crippen molar-refractivity contribution in [3.8, 4) is 11.5 Å². The van der Waals surface area contributed by atoms with Gasteiger partial charge in [0.25, 0.3) is 0 Å². The molecule has 0 aliphatic carbocycles. The van der Waals surface area contributed by atoms with Gasteiger partial charge in [-0.3, -0.25) is 4.90 Å². The van der Waals surface area contributed by atoms with Crippen LogP contribution in [-0.4, -0.2) is 37.4 Å². The van der Waals surface area contributed by atoms with E-state index >= 15 is 0 Å². The monoisotopic (exact) mass is 262 g/mol. The number of hydrogen-bond acceptors (Lipinski definition) is 4. The maximum atomic E-state index is 5.97. The van der Waals surface area contributed by atoms with Crippen LogP contribution in [0.1, 0.15) is 24.8 Å². The first kappa shape index (κ1) is 12.8. The molecule has 0 spiro atoms. The number of rotatable bonds is 4. The zero-order valence-electron chi connectivity index (χ0n) is 11.3. The van der Waals surface area contributed by atoms with E-state index in [4.69, 9.17) is 15.2 Å². The Bertz CT molecular complexity index is 430. The summed E-state index contributed by atoms with van der Waals surface area (Å²) in [6, 6.07) is 6.66. The van der Waals surface area contributed by atoms with Crippen LogP contribution in [0.25, 0.3) is 0 Å². The van der Waals surface area contributed by atoms with Crippen LogP contribution in [0.2, 0.25) is 0 Å². The second-order valence-corrected chi connectivity index (χ2v) is 5.38. The second-order valence-electron chi connectivity index (χ2n) is 5.38. The van der Waals surface area contributed by atoms with Gasteiger partial charge in [0.15, 0.2) is 11.5 Å². The summed E-state index contributed by atoms with van der Waals surface area (Å²) in [5, 5.41) is 0. The third-order valence-corrected chi connectivity index (χ3v) is 4.09. The molecule has 2 heterocycles. The lowest BCUT2D eigenvalue weighted by Crippen LogP contribution is -2.44. The molecule has 2 aliphatic heterocycles. The number of hydrogen-bond donors (Lipinski definition) is 1. The van der Waals surface area contributed by atoms with Crippen LogP contribution in [0.5, 0.6) is 11.5 Å². The van der Waals surface area contributed by atoms with Crippen molar-refractivity contribution in [2.45, 2.75) is 31.7 Å². The van der Waals surface area contributed by atoms with Crippen LogP contribution in [0.15, 0.2) is 18.2 Å². The SMILES string of the molecule is NCC(Cc1ccc2c(c1)OCO2)N1CCCCC1. The molecule has 1 saturated heterocycles. The molecule has 1 unspecified atom stereocenters. The third-order valence-electron chi connectivity index (χ3n) is 4.09. The van der Waals surface area contributed by atoms with Crippen molar-refractivity contribution in [1.29, 1.82) is 0 Å². The van der Waals surface area contributed by atoms with Crippen LogP contribution in [0.3, 0.4) is 0 Å². The van der Waals surface area contributed by atoms with E-state index in [2.05, 4.69) is 17.0 Å². The Hall–Kier alpha value is -1.26. The number of piperidine rings is 1. The first-order valence-corrected chi connectivity index (χ1v) is 7.19. The molecule has 2 aliphatic rings. The summed E-state index contributed by atoms with van der Waals surface area (Å²) in [4.78, 5) is 2.54. The van der Waals surface area contributed by atoms with Gasteiger partial charge in [-0.25, -0.2) is 0 Å². The Kier molecular flexibility index (Phi) is 3.89. The maximum Gasteiger partial charge on any atom is 0.231 e. The van der Waals surface area contributed by atoms with E-state index in [1.165, 1.54) is 37.9 Å². The van der Waals surface area contributed by atoms with Gasteiger partial charge in [0.2, 0.25) is 6.79 Å². The lowest BCUT2D eigenvalue weighted by atomic mass is 10.0. The van der Waals surface area contributed by atoms with E-state index in [0.717, 1.165) is 17.9 Å². The molecule has 104 valence electrons. The molecule has 4 heteroatoms. The predicted molar refractivity (Wildman–Crippen MR) is 74.5 cm³/mol. The van der Waals surface area contributed by atoms with E-state index in [-0.39, 0.29) is 0 Å². The highest BCUT2D eigenvalue weighted by molar-refractivity contribution is 5.44. The van der Waals surface area contributed by atoms with Crippen molar-refractivity contribution < 1.29 is 9.47 Å². The zero-order valence-corrected chi connectivity index (χ0v) is 11.3. The Labute approximate surface area is 114 Å². The van der Waals surface area contributed by atoms with Crippen LogP contribution in [0, 0.1) is 0 Å². The van der Waals surface area contributed by atoms with Crippen LogP contribution >= 0.6 is 0 Å². The minimum Gasteiger partial charge on any atom is -0.454 e. The Balaban J connectivity index is 1.68. The quantitative estimate of drug-likeness (QED) is 0.898. The van der Waals surface area contributed by atoms with Gasteiger partial charge in [-0.05, 0) is 50.0 Å². The highest BCUT2D eigenvalue weighted by Crippen LogP contribution is 2.33. The summed E-state index contributed by atoms with van der Waals surface area (Å²) in [5.74, 6) is 1.72. The molecule has 3 rings (SSSR count). The normalized spacial score (nSPS) is 20.5. The molecule has 1 atom stereocenters. The van der Waals surface area contributed by atoms with Crippen LogP contribution in [0.4, 0.5) is 0 Å². The number of nitrogens with two attached hydrogens (primary N) is 1. The number of likely N-dealkylation sites (tertiary alicyclic amines) is 1. The Morgan fingerprint density at radius 2 is 1.89 bits per heavy atom. The van der Waals surface area contributed by atoms with Crippen molar-refractivity contribution in [2.75, 3.05) is 26.4 Å². The number of nitrogens with zero attached hydrogens (tertiary/aromatic N) is 1. The fraction of sp³-hybridized carbons (Fsp3) is 0.600. The molecule has 4 nitrogen and oxygen atoms in total. The molecule has 1 aromatic carbocycles. The van der Waals surface area contributed by atoms with Gasteiger partial charge in [-0.2, -0.15) is 0 Å². The lowest BCUT2D eigenvalue weighted by molar-refractivity contribution is 0.165. The standard InChI is InChI=1S/C15H22N2O2/c16-10-13(17-6-2-1-3-7-17)8-12-4-5-14-15(9-12)19-11-18-14/h4-5,9,13H,1-3,6-8,10-11,16H2. The van der Waals surface area contributed by atoms with Gasteiger partial charge in [0, 0.05) is 12.6 Å². The summed E-state index contributed by atoms with van der Waals surface area (Å²) in [7, 11) is 0. The van der Waals surface area contributed by atoms with E-state index in [9.17, 15) is 0 Å². The molecule has 0 radical (unpaired) electrons. The highest BCUT2D eigenvalue weighted by atomic mass is 16.7. The number of ether oxygens (including phenoxy) is 2. The van der Waals surface area contributed by atoms with E-state index in [1.54, 1.807) is 0 Å².